The summed E-state index contributed by atoms with van der Waals surface area (Å²) >= 11 is 0. The van der Waals surface area contributed by atoms with Crippen LogP contribution in [0.2, 0.25) is 0 Å². The highest BCUT2D eigenvalue weighted by Gasteiger charge is 2.59. The van der Waals surface area contributed by atoms with Crippen molar-refractivity contribution in [3.63, 3.8) is 0 Å². The van der Waals surface area contributed by atoms with E-state index in [2.05, 4.69) is 9.97 Å². The number of carboxylic acids is 1. The minimum atomic E-state index is -3.02. The SMILES string of the molecule is Cc1nc(OCCCS(C)(=O)=O)ccc1-c1ccc(F)c(CCc2cc3c(cn2)C2C(C3)C2C(=O)O)c1. The molecule has 0 amide bonds. The van der Waals surface area contributed by atoms with Gasteiger partial charge in [0.2, 0.25) is 5.88 Å². The predicted molar refractivity (Wildman–Crippen MR) is 137 cm³/mol. The fraction of sp³-hybridized carbons (Fsp3) is 0.393. The van der Waals surface area contributed by atoms with Crippen molar-refractivity contribution in [3.8, 4) is 17.0 Å². The highest BCUT2D eigenvalue weighted by Crippen LogP contribution is 2.61. The molecular formula is C28H29FN2O5S. The second-order valence-electron chi connectivity index (χ2n) is 10.1. The van der Waals surface area contributed by atoms with Crippen LogP contribution in [0.1, 0.15) is 40.4 Å². The second kappa shape index (κ2) is 9.85. The summed E-state index contributed by atoms with van der Waals surface area (Å²) < 4.78 is 42.7. The number of sulfone groups is 1. The number of carbonyl (C=O) groups is 1. The van der Waals surface area contributed by atoms with E-state index in [9.17, 15) is 22.7 Å². The number of carboxylic acid groups (broad SMARTS) is 1. The summed E-state index contributed by atoms with van der Waals surface area (Å²) in [7, 11) is -3.02. The molecule has 0 saturated heterocycles. The molecule has 3 aromatic rings. The number of rotatable bonds is 10. The van der Waals surface area contributed by atoms with Crippen LogP contribution in [0.4, 0.5) is 4.39 Å². The number of aliphatic carboxylic acids is 1. The van der Waals surface area contributed by atoms with Gasteiger partial charge in [0.05, 0.1) is 18.3 Å². The van der Waals surface area contributed by atoms with Gasteiger partial charge in [-0.2, -0.15) is 0 Å². The summed E-state index contributed by atoms with van der Waals surface area (Å²) in [6, 6.07) is 10.7. The van der Waals surface area contributed by atoms with Crippen molar-refractivity contribution in [1.29, 1.82) is 0 Å². The Balaban J connectivity index is 1.23. The van der Waals surface area contributed by atoms with Gasteiger partial charge in [-0.05, 0) is 85.0 Å². The van der Waals surface area contributed by atoms with Gasteiger partial charge in [-0.15, -0.1) is 0 Å². The van der Waals surface area contributed by atoms with E-state index < -0.39 is 15.8 Å². The third-order valence-electron chi connectivity index (χ3n) is 7.33. The van der Waals surface area contributed by atoms with E-state index in [4.69, 9.17) is 4.74 Å². The molecule has 3 atom stereocenters. The largest absolute Gasteiger partial charge is 0.481 e. The van der Waals surface area contributed by atoms with Crippen molar-refractivity contribution in [3.05, 3.63) is 76.5 Å². The zero-order valence-electron chi connectivity index (χ0n) is 20.8. The molecule has 2 aliphatic rings. The molecule has 0 radical (unpaired) electrons. The number of pyridine rings is 2. The van der Waals surface area contributed by atoms with E-state index in [0.29, 0.717) is 30.7 Å². The van der Waals surface area contributed by atoms with Crippen molar-refractivity contribution in [2.24, 2.45) is 11.8 Å². The molecule has 2 heterocycles. The van der Waals surface area contributed by atoms with Gasteiger partial charge in [0.1, 0.15) is 15.7 Å². The van der Waals surface area contributed by atoms with Gasteiger partial charge < -0.3 is 9.84 Å². The smallest absolute Gasteiger partial charge is 0.307 e. The van der Waals surface area contributed by atoms with Crippen molar-refractivity contribution in [2.75, 3.05) is 18.6 Å². The average Bonchev–Trinajstić information content (AvgIpc) is 3.43. The summed E-state index contributed by atoms with van der Waals surface area (Å²) in [5, 5.41) is 9.29. The first kappa shape index (κ1) is 25.3. The highest BCUT2D eigenvalue weighted by molar-refractivity contribution is 7.90. The van der Waals surface area contributed by atoms with Crippen LogP contribution in [0, 0.1) is 24.6 Å². The number of halogens is 1. The van der Waals surface area contributed by atoms with E-state index in [0.717, 1.165) is 34.5 Å². The summed E-state index contributed by atoms with van der Waals surface area (Å²) in [6.07, 6.45) is 5.26. The molecule has 0 spiro atoms. The number of hydrogen-bond donors (Lipinski definition) is 1. The fourth-order valence-corrected chi connectivity index (χ4v) is 6.07. The number of ether oxygens (including phenoxy) is 1. The van der Waals surface area contributed by atoms with Gasteiger partial charge in [-0.3, -0.25) is 9.78 Å². The molecule has 194 valence electrons. The molecular weight excluding hydrogens is 495 g/mol. The van der Waals surface area contributed by atoms with Gasteiger partial charge in [0, 0.05) is 41.4 Å². The van der Waals surface area contributed by atoms with E-state index in [-0.39, 0.29) is 35.9 Å². The fourth-order valence-electron chi connectivity index (χ4n) is 5.43. The maximum Gasteiger partial charge on any atom is 0.307 e. The first-order valence-electron chi connectivity index (χ1n) is 12.4. The zero-order valence-corrected chi connectivity index (χ0v) is 21.6. The number of fused-ring (bicyclic) bond motifs is 3. The number of nitrogens with zero attached hydrogens (tertiary/aromatic N) is 2. The van der Waals surface area contributed by atoms with Gasteiger partial charge in [-0.25, -0.2) is 17.8 Å². The number of aryl methyl sites for hydroxylation is 3. The van der Waals surface area contributed by atoms with E-state index in [1.807, 2.05) is 31.3 Å². The van der Waals surface area contributed by atoms with E-state index >= 15 is 0 Å². The van der Waals surface area contributed by atoms with Crippen LogP contribution in [-0.4, -0.2) is 48.1 Å². The first-order valence-corrected chi connectivity index (χ1v) is 14.4. The Hall–Kier alpha value is -3.33. The van der Waals surface area contributed by atoms with Crippen LogP contribution >= 0.6 is 0 Å². The maximum absolute atomic E-state index is 14.7. The Morgan fingerprint density at radius 3 is 2.73 bits per heavy atom. The lowest BCUT2D eigenvalue weighted by molar-refractivity contribution is -0.139. The van der Waals surface area contributed by atoms with Crippen LogP contribution in [0.5, 0.6) is 5.88 Å². The van der Waals surface area contributed by atoms with E-state index in [1.54, 1.807) is 12.1 Å². The second-order valence-corrected chi connectivity index (χ2v) is 12.3. The predicted octanol–water partition coefficient (Wildman–Crippen LogP) is 4.16. The highest BCUT2D eigenvalue weighted by atomic mass is 32.2. The molecule has 5 rings (SSSR count). The topological polar surface area (TPSA) is 106 Å². The van der Waals surface area contributed by atoms with Gasteiger partial charge in [0.15, 0.2) is 0 Å². The summed E-state index contributed by atoms with van der Waals surface area (Å²) in [5.74, 6) is -0.480. The Morgan fingerprint density at radius 2 is 2.00 bits per heavy atom. The molecule has 1 aromatic carbocycles. The van der Waals surface area contributed by atoms with Gasteiger partial charge in [0.25, 0.3) is 0 Å². The Bertz CT molecular complexity index is 1470. The normalized spacial score (nSPS) is 19.8. The minimum absolute atomic E-state index is 0.0651. The van der Waals surface area contributed by atoms with Gasteiger partial charge in [-0.1, -0.05) is 6.07 Å². The van der Waals surface area contributed by atoms with E-state index in [1.165, 1.54) is 17.9 Å². The molecule has 7 nitrogen and oxygen atoms in total. The number of benzene rings is 1. The first-order chi connectivity index (χ1) is 17.6. The monoisotopic (exact) mass is 524 g/mol. The number of hydrogen-bond acceptors (Lipinski definition) is 6. The van der Waals surface area contributed by atoms with Crippen LogP contribution < -0.4 is 4.74 Å². The minimum Gasteiger partial charge on any atom is -0.481 e. The van der Waals surface area contributed by atoms with Gasteiger partial charge >= 0.3 is 5.97 Å². The Labute approximate surface area is 215 Å². The van der Waals surface area contributed by atoms with Crippen LogP contribution in [0.25, 0.3) is 11.1 Å². The van der Waals surface area contributed by atoms with Crippen LogP contribution in [-0.2, 0) is 33.9 Å². The standard InChI is InChI=1S/C28H29FN2O5S/c1-16-21(7-9-25(31-16)36-10-3-11-37(2,34)35)17-5-8-24(29)18(12-17)4-6-20-13-19-14-22-26(23(19)15-30-20)27(22)28(32)33/h5,7-9,12-13,15,22,26-27H,3-4,6,10-11,14H2,1-2H3,(H,32,33). The lowest BCUT2D eigenvalue weighted by Crippen LogP contribution is -2.08. The number of aromatic nitrogens is 2. The van der Waals surface area contributed by atoms with Crippen molar-refractivity contribution in [2.45, 2.75) is 38.5 Å². The molecule has 0 aliphatic heterocycles. The third-order valence-corrected chi connectivity index (χ3v) is 8.36. The van der Waals surface area contributed by atoms with Crippen LogP contribution in [0.15, 0.2) is 42.6 Å². The molecule has 2 aromatic heterocycles. The van der Waals surface area contributed by atoms with Crippen molar-refractivity contribution >= 4 is 15.8 Å². The molecule has 1 N–H and O–H groups in total. The van der Waals surface area contributed by atoms with Crippen LogP contribution in [0.3, 0.4) is 0 Å². The lowest BCUT2D eigenvalue weighted by Gasteiger charge is -2.12. The average molecular weight is 525 g/mol. The molecule has 2 aliphatic carbocycles. The Kier molecular flexibility index (Phi) is 6.74. The molecule has 1 saturated carbocycles. The molecule has 3 unspecified atom stereocenters. The summed E-state index contributed by atoms with van der Waals surface area (Å²) in [4.78, 5) is 20.3. The zero-order chi connectivity index (χ0) is 26.3. The quantitative estimate of drug-likeness (QED) is 0.397. The van der Waals surface area contributed by atoms with Crippen molar-refractivity contribution in [1.82, 2.24) is 9.97 Å². The third kappa shape index (κ3) is 5.51. The van der Waals surface area contributed by atoms with Crippen molar-refractivity contribution < 1.29 is 27.4 Å². The molecule has 37 heavy (non-hydrogen) atoms. The molecule has 0 bridgehead atoms. The summed E-state index contributed by atoms with van der Waals surface area (Å²) in [5.41, 5.74) is 6.16. The lowest BCUT2D eigenvalue weighted by atomic mass is 9.98. The Morgan fingerprint density at radius 1 is 1.19 bits per heavy atom. The summed E-state index contributed by atoms with van der Waals surface area (Å²) in [6.45, 7) is 2.12. The molecule has 1 fully saturated rings. The maximum atomic E-state index is 14.7. The molecule has 9 heteroatoms.